The van der Waals surface area contributed by atoms with Crippen LogP contribution >= 0.6 is 22.6 Å². The third kappa shape index (κ3) is 7.73. The zero-order valence-electron chi connectivity index (χ0n) is 15.3. The molecule has 0 unspecified atom stereocenters. The van der Waals surface area contributed by atoms with E-state index < -0.39 is 23.3 Å². The van der Waals surface area contributed by atoms with Gasteiger partial charge >= 0.3 is 12.1 Å². The number of amides is 1. The van der Waals surface area contributed by atoms with Crippen LogP contribution in [0.2, 0.25) is 0 Å². The summed E-state index contributed by atoms with van der Waals surface area (Å²) in [5.41, 5.74) is -0.591. The minimum Gasteiger partial charge on any atom is -0.459 e. The van der Waals surface area contributed by atoms with E-state index in [0.717, 1.165) is 3.57 Å². The van der Waals surface area contributed by atoms with Gasteiger partial charge in [-0.1, -0.05) is 0 Å². The number of esters is 1. The highest BCUT2D eigenvalue weighted by molar-refractivity contribution is 14.1. The first kappa shape index (κ1) is 21.2. The molecule has 0 radical (unpaired) electrons. The predicted octanol–water partition coefficient (Wildman–Crippen LogP) is 4.25. The molecule has 6 nitrogen and oxygen atoms in total. The van der Waals surface area contributed by atoms with Gasteiger partial charge in [0.15, 0.2) is 0 Å². The first-order valence-electron chi connectivity index (χ1n) is 7.74. The molecular formula is C18H23IN2O4. The number of halogens is 1. The SMILES string of the molecule is CC(C)(C)OC(=O)CN(C(=O)OC(C)(C)C)c1cc(I)cc(C#N)c1. The van der Waals surface area contributed by atoms with Crippen LogP contribution in [0.15, 0.2) is 18.2 Å². The molecule has 0 fully saturated rings. The fourth-order valence-electron chi connectivity index (χ4n) is 1.88. The van der Waals surface area contributed by atoms with Gasteiger partial charge in [0.2, 0.25) is 0 Å². The van der Waals surface area contributed by atoms with Crippen LogP contribution in [0.1, 0.15) is 47.1 Å². The second kappa shape index (κ2) is 8.04. The van der Waals surface area contributed by atoms with Crippen molar-refractivity contribution in [1.29, 1.82) is 5.26 Å². The molecule has 0 saturated carbocycles. The van der Waals surface area contributed by atoms with Gasteiger partial charge in [-0.2, -0.15) is 5.26 Å². The molecule has 7 heteroatoms. The molecule has 0 heterocycles. The molecule has 0 aromatic heterocycles. The van der Waals surface area contributed by atoms with Crippen molar-refractivity contribution in [2.24, 2.45) is 0 Å². The molecule has 0 N–H and O–H groups in total. The van der Waals surface area contributed by atoms with E-state index in [-0.39, 0.29) is 6.54 Å². The van der Waals surface area contributed by atoms with Crippen molar-refractivity contribution in [2.45, 2.75) is 52.7 Å². The summed E-state index contributed by atoms with van der Waals surface area (Å²) in [5, 5.41) is 9.15. The maximum absolute atomic E-state index is 12.6. The predicted molar refractivity (Wildman–Crippen MR) is 103 cm³/mol. The third-order valence-electron chi connectivity index (χ3n) is 2.64. The Bertz CT molecular complexity index is 696. The lowest BCUT2D eigenvalue weighted by molar-refractivity contribution is -0.153. The molecule has 0 aliphatic carbocycles. The average molecular weight is 458 g/mol. The number of nitriles is 1. The molecule has 0 bridgehead atoms. The van der Waals surface area contributed by atoms with Crippen molar-refractivity contribution in [3.05, 3.63) is 27.3 Å². The van der Waals surface area contributed by atoms with Gasteiger partial charge in [0.25, 0.3) is 0 Å². The maximum Gasteiger partial charge on any atom is 0.415 e. The molecular weight excluding hydrogens is 435 g/mol. The molecule has 0 saturated heterocycles. The summed E-state index contributed by atoms with van der Waals surface area (Å²) in [4.78, 5) is 26.0. The maximum atomic E-state index is 12.6. The number of carbonyl (C=O) groups excluding carboxylic acids is 2. The van der Waals surface area contributed by atoms with Crippen molar-refractivity contribution >= 4 is 40.3 Å². The summed E-state index contributed by atoms with van der Waals surface area (Å²) in [6, 6.07) is 6.97. The summed E-state index contributed by atoms with van der Waals surface area (Å²) in [6.45, 7) is 10.2. The van der Waals surface area contributed by atoms with E-state index in [9.17, 15) is 9.59 Å². The molecule has 0 aliphatic rings. The quantitative estimate of drug-likeness (QED) is 0.500. The highest BCUT2D eigenvalue weighted by Crippen LogP contribution is 2.23. The van der Waals surface area contributed by atoms with E-state index in [0.29, 0.717) is 11.3 Å². The van der Waals surface area contributed by atoms with Crippen LogP contribution in [-0.2, 0) is 14.3 Å². The highest BCUT2D eigenvalue weighted by atomic mass is 127. The van der Waals surface area contributed by atoms with Gasteiger partial charge in [-0.3, -0.25) is 9.69 Å². The van der Waals surface area contributed by atoms with E-state index in [2.05, 4.69) is 0 Å². The Hall–Kier alpha value is -1.82. The van der Waals surface area contributed by atoms with Crippen LogP contribution in [-0.4, -0.2) is 29.8 Å². The molecule has 1 amide bonds. The summed E-state index contributed by atoms with van der Waals surface area (Å²) in [7, 11) is 0. The number of ether oxygens (including phenoxy) is 2. The Kier molecular flexibility index (Phi) is 6.82. The van der Waals surface area contributed by atoms with Gasteiger partial charge in [-0.15, -0.1) is 0 Å². The van der Waals surface area contributed by atoms with Crippen LogP contribution in [0, 0.1) is 14.9 Å². The lowest BCUT2D eigenvalue weighted by atomic mass is 10.2. The van der Waals surface area contributed by atoms with Gasteiger partial charge in [0.1, 0.15) is 17.7 Å². The topological polar surface area (TPSA) is 79.6 Å². The van der Waals surface area contributed by atoms with Crippen molar-refractivity contribution in [3.63, 3.8) is 0 Å². The minimum absolute atomic E-state index is 0.308. The summed E-state index contributed by atoms with van der Waals surface area (Å²) in [6.07, 6.45) is -0.677. The summed E-state index contributed by atoms with van der Waals surface area (Å²) < 4.78 is 11.5. The Morgan fingerprint density at radius 2 is 1.64 bits per heavy atom. The molecule has 25 heavy (non-hydrogen) atoms. The van der Waals surface area contributed by atoms with E-state index in [1.807, 2.05) is 28.7 Å². The molecule has 0 atom stereocenters. The van der Waals surface area contributed by atoms with E-state index in [4.69, 9.17) is 14.7 Å². The Labute approximate surface area is 162 Å². The fourth-order valence-corrected chi connectivity index (χ4v) is 2.53. The fraction of sp³-hybridized carbons (Fsp3) is 0.500. The Morgan fingerprint density at radius 1 is 1.08 bits per heavy atom. The van der Waals surface area contributed by atoms with Gasteiger partial charge in [0.05, 0.1) is 17.3 Å². The number of carbonyl (C=O) groups is 2. The summed E-state index contributed by atoms with van der Waals surface area (Å²) in [5.74, 6) is -0.560. The van der Waals surface area contributed by atoms with Gasteiger partial charge in [-0.25, -0.2) is 4.79 Å². The second-order valence-electron chi connectivity index (χ2n) is 7.46. The molecule has 136 valence electrons. The summed E-state index contributed by atoms with van der Waals surface area (Å²) >= 11 is 2.05. The molecule has 1 rings (SSSR count). The molecule has 1 aromatic carbocycles. The number of benzene rings is 1. The number of nitrogens with zero attached hydrogens (tertiary/aromatic N) is 2. The number of rotatable bonds is 3. The Balaban J connectivity index is 3.20. The number of hydrogen-bond acceptors (Lipinski definition) is 5. The van der Waals surface area contributed by atoms with Crippen molar-refractivity contribution in [3.8, 4) is 6.07 Å². The first-order chi connectivity index (χ1) is 11.3. The van der Waals surface area contributed by atoms with Gasteiger partial charge in [-0.05, 0) is 82.3 Å². The number of hydrogen-bond donors (Lipinski definition) is 0. The standard InChI is InChI=1S/C18H23IN2O4/c1-17(2,3)24-15(22)11-21(16(23)25-18(4,5)6)14-8-12(10-20)7-13(19)9-14/h7-9H,11H2,1-6H3. The molecule has 1 aromatic rings. The van der Waals surface area contributed by atoms with Crippen molar-refractivity contribution in [1.82, 2.24) is 0 Å². The van der Waals surface area contributed by atoms with Gasteiger partial charge < -0.3 is 9.47 Å². The molecule has 0 spiro atoms. The Morgan fingerprint density at radius 3 is 2.12 bits per heavy atom. The lowest BCUT2D eigenvalue weighted by Gasteiger charge is -2.28. The molecule has 0 aliphatic heterocycles. The van der Waals surface area contributed by atoms with Crippen molar-refractivity contribution < 1.29 is 19.1 Å². The third-order valence-corrected chi connectivity index (χ3v) is 3.27. The largest absolute Gasteiger partial charge is 0.459 e. The monoisotopic (exact) mass is 458 g/mol. The average Bonchev–Trinajstić information content (AvgIpc) is 2.40. The zero-order valence-corrected chi connectivity index (χ0v) is 17.5. The first-order valence-corrected chi connectivity index (χ1v) is 8.82. The van der Waals surface area contributed by atoms with E-state index in [1.165, 1.54) is 11.0 Å². The number of anilines is 1. The lowest BCUT2D eigenvalue weighted by Crippen LogP contribution is -2.42. The highest BCUT2D eigenvalue weighted by Gasteiger charge is 2.28. The van der Waals surface area contributed by atoms with E-state index in [1.54, 1.807) is 53.7 Å². The van der Waals surface area contributed by atoms with E-state index >= 15 is 0 Å². The van der Waals surface area contributed by atoms with Crippen molar-refractivity contribution in [2.75, 3.05) is 11.4 Å². The van der Waals surface area contributed by atoms with Crippen LogP contribution < -0.4 is 4.90 Å². The van der Waals surface area contributed by atoms with Crippen LogP contribution in [0.4, 0.5) is 10.5 Å². The normalized spacial score (nSPS) is 11.4. The smallest absolute Gasteiger partial charge is 0.415 e. The minimum atomic E-state index is -0.719. The zero-order chi connectivity index (χ0) is 19.4. The van der Waals surface area contributed by atoms with Gasteiger partial charge in [0, 0.05) is 3.57 Å². The second-order valence-corrected chi connectivity index (χ2v) is 8.71. The van der Waals surface area contributed by atoms with Crippen LogP contribution in [0.3, 0.4) is 0 Å². The van der Waals surface area contributed by atoms with Crippen LogP contribution in [0.5, 0.6) is 0 Å². The van der Waals surface area contributed by atoms with Crippen LogP contribution in [0.25, 0.3) is 0 Å².